The van der Waals surface area contributed by atoms with Gasteiger partial charge in [0.1, 0.15) is 11.6 Å². The van der Waals surface area contributed by atoms with Crippen LogP contribution in [0.3, 0.4) is 0 Å². The number of aryl methyl sites for hydroxylation is 1. The third-order valence-electron chi connectivity index (χ3n) is 5.25. The van der Waals surface area contributed by atoms with E-state index < -0.39 is 11.4 Å². The van der Waals surface area contributed by atoms with E-state index in [0.717, 1.165) is 16.8 Å². The Bertz CT molecular complexity index is 1260. The molecule has 1 aliphatic rings. The van der Waals surface area contributed by atoms with Crippen molar-refractivity contribution in [3.8, 4) is 0 Å². The van der Waals surface area contributed by atoms with Gasteiger partial charge >= 0.3 is 0 Å². The third kappa shape index (κ3) is 2.41. The quantitative estimate of drug-likeness (QED) is 0.497. The zero-order valence-electron chi connectivity index (χ0n) is 14.8. The molecule has 0 amide bonds. The van der Waals surface area contributed by atoms with Gasteiger partial charge in [-0.3, -0.25) is 9.89 Å². The van der Waals surface area contributed by atoms with E-state index in [1.54, 1.807) is 18.3 Å². The maximum absolute atomic E-state index is 14.2. The molecule has 3 N–H and O–H groups in total. The van der Waals surface area contributed by atoms with Gasteiger partial charge in [0.15, 0.2) is 0 Å². The SMILES string of the molecule is Cc1[nH]ncc1[C@H]1c2n[nH]c(=O)c3cc(F)cc(c23)N[C@@H]1c1ccc(F)cc1. The maximum atomic E-state index is 14.2. The highest BCUT2D eigenvalue weighted by Crippen LogP contribution is 2.46. The summed E-state index contributed by atoms with van der Waals surface area (Å²) in [5.41, 5.74) is 3.19. The molecule has 0 aliphatic carbocycles. The van der Waals surface area contributed by atoms with Crippen LogP contribution in [-0.4, -0.2) is 20.4 Å². The summed E-state index contributed by atoms with van der Waals surface area (Å²) < 4.78 is 27.6. The fourth-order valence-corrected chi connectivity index (χ4v) is 3.98. The van der Waals surface area contributed by atoms with Crippen LogP contribution in [0.4, 0.5) is 14.5 Å². The van der Waals surface area contributed by atoms with Gasteiger partial charge in [-0.2, -0.15) is 10.2 Å². The molecule has 2 aromatic carbocycles. The minimum Gasteiger partial charge on any atom is -0.377 e. The maximum Gasteiger partial charge on any atom is 0.272 e. The lowest BCUT2D eigenvalue weighted by atomic mass is 9.80. The van der Waals surface area contributed by atoms with Gasteiger partial charge in [0.2, 0.25) is 0 Å². The van der Waals surface area contributed by atoms with Crippen molar-refractivity contribution in [3.63, 3.8) is 0 Å². The number of anilines is 1. The normalized spacial score (nSPS) is 18.2. The van der Waals surface area contributed by atoms with E-state index in [9.17, 15) is 13.6 Å². The average molecular weight is 379 g/mol. The minimum atomic E-state index is -0.520. The Morgan fingerprint density at radius 3 is 2.54 bits per heavy atom. The van der Waals surface area contributed by atoms with Crippen LogP contribution in [0.5, 0.6) is 0 Å². The van der Waals surface area contributed by atoms with Crippen LogP contribution < -0.4 is 10.9 Å². The van der Waals surface area contributed by atoms with Crippen molar-refractivity contribution in [1.29, 1.82) is 0 Å². The molecule has 4 aromatic rings. The Kier molecular flexibility index (Phi) is 3.55. The van der Waals surface area contributed by atoms with E-state index >= 15 is 0 Å². The second kappa shape index (κ2) is 5.98. The zero-order valence-corrected chi connectivity index (χ0v) is 14.8. The Hall–Kier alpha value is -3.55. The number of rotatable bonds is 2. The highest BCUT2D eigenvalue weighted by Gasteiger charge is 2.36. The Balaban J connectivity index is 1.82. The number of hydrogen-bond donors (Lipinski definition) is 3. The smallest absolute Gasteiger partial charge is 0.272 e. The van der Waals surface area contributed by atoms with E-state index in [-0.39, 0.29) is 23.2 Å². The standard InChI is InChI=1S/C20H15F2N5O/c1-9-14(8-23-25-9)17-18(10-2-4-11(21)5-3-10)24-15-7-12(22)6-13-16(15)19(17)26-27-20(13)28/h2-8,17-18,24H,1H3,(H,23,25)(H,27,28)/t17-,18-/m1/s1. The summed E-state index contributed by atoms with van der Waals surface area (Å²) in [5.74, 6) is -1.18. The molecular formula is C20H15F2N5O. The first-order valence-corrected chi connectivity index (χ1v) is 8.76. The molecule has 5 rings (SSSR count). The van der Waals surface area contributed by atoms with Crippen molar-refractivity contribution in [3.05, 3.63) is 87.1 Å². The van der Waals surface area contributed by atoms with Gasteiger partial charge in [0.05, 0.1) is 29.2 Å². The molecular weight excluding hydrogens is 364 g/mol. The molecule has 0 fully saturated rings. The topological polar surface area (TPSA) is 86.5 Å². The van der Waals surface area contributed by atoms with Crippen molar-refractivity contribution in [2.45, 2.75) is 18.9 Å². The molecule has 6 nitrogen and oxygen atoms in total. The molecule has 140 valence electrons. The highest BCUT2D eigenvalue weighted by atomic mass is 19.1. The molecule has 2 aromatic heterocycles. The lowest BCUT2D eigenvalue weighted by Gasteiger charge is -2.34. The van der Waals surface area contributed by atoms with Gasteiger partial charge in [0.25, 0.3) is 5.56 Å². The van der Waals surface area contributed by atoms with Gasteiger partial charge in [-0.1, -0.05) is 12.1 Å². The number of nitrogens with one attached hydrogen (secondary N) is 3. The molecule has 0 spiro atoms. The van der Waals surface area contributed by atoms with E-state index in [1.165, 1.54) is 24.3 Å². The molecule has 8 heteroatoms. The Morgan fingerprint density at radius 2 is 1.82 bits per heavy atom. The van der Waals surface area contributed by atoms with Crippen LogP contribution in [-0.2, 0) is 0 Å². The van der Waals surface area contributed by atoms with E-state index in [1.807, 2.05) is 6.92 Å². The summed E-state index contributed by atoms with van der Waals surface area (Å²) in [6.07, 6.45) is 1.71. The summed E-state index contributed by atoms with van der Waals surface area (Å²) in [6, 6.07) is 8.34. The van der Waals surface area contributed by atoms with Crippen molar-refractivity contribution in [1.82, 2.24) is 20.4 Å². The first kappa shape index (κ1) is 16.6. The van der Waals surface area contributed by atoms with Crippen LogP contribution >= 0.6 is 0 Å². The molecule has 0 saturated carbocycles. The number of aromatic amines is 2. The summed E-state index contributed by atoms with van der Waals surface area (Å²) in [4.78, 5) is 12.3. The largest absolute Gasteiger partial charge is 0.377 e. The molecule has 0 bridgehead atoms. The number of hydrogen-bond acceptors (Lipinski definition) is 4. The third-order valence-corrected chi connectivity index (χ3v) is 5.25. The predicted octanol–water partition coefficient (Wildman–Crippen LogP) is 3.53. The van der Waals surface area contributed by atoms with Gasteiger partial charge in [0, 0.05) is 22.3 Å². The highest BCUT2D eigenvalue weighted by molar-refractivity contribution is 5.97. The predicted molar refractivity (Wildman–Crippen MR) is 100 cm³/mol. The first-order chi connectivity index (χ1) is 13.5. The number of nitrogens with zero attached hydrogens (tertiary/aromatic N) is 2. The number of benzene rings is 2. The molecule has 0 saturated heterocycles. The van der Waals surface area contributed by atoms with Crippen LogP contribution in [0, 0.1) is 18.6 Å². The zero-order chi connectivity index (χ0) is 19.4. The second-order valence-corrected chi connectivity index (χ2v) is 6.92. The number of H-pyrrole nitrogens is 2. The molecule has 3 heterocycles. The van der Waals surface area contributed by atoms with Crippen LogP contribution in [0.15, 0.2) is 47.4 Å². The van der Waals surface area contributed by atoms with Crippen LogP contribution in [0.25, 0.3) is 10.8 Å². The minimum absolute atomic E-state index is 0.233. The van der Waals surface area contributed by atoms with Gasteiger partial charge < -0.3 is 5.32 Å². The first-order valence-electron chi connectivity index (χ1n) is 8.76. The fourth-order valence-electron chi connectivity index (χ4n) is 3.98. The van der Waals surface area contributed by atoms with Crippen molar-refractivity contribution >= 4 is 16.5 Å². The average Bonchev–Trinajstić information content (AvgIpc) is 3.10. The molecule has 0 radical (unpaired) electrons. The van der Waals surface area contributed by atoms with Crippen LogP contribution in [0.2, 0.25) is 0 Å². The monoisotopic (exact) mass is 379 g/mol. The van der Waals surface area contributed by atoms with Crippen LogP contribution in [0.1, 0.15) is 34.5 Å². The summed E-state index contributed by atoms with van der Waals surface area (Å²) in [7, 11) is 0. The molecule has 1 aliphatic heterocycles. The Morgan fingerprint density at radius 1 is 1.04 bits per heavy atom. The summed E-state index contributed by atoms with van der Waals surface area (Å²) in [5, 5.41) is 18.0. The molecule has 28 heavy (non-hydrogen) atoms. The van der Waals surface area contributed by atoms with Crippen molar-refractivity contribution in [2.75, 3.05) is 5.32 Å². The van der Waals surface area contributed by atoms with E-state index in [0.29, 0.717) is 16.8 Å². The number of aromatic nitrogens is 4. The lowest BCUT2D eigenvalue weighted by molar-refractivity contribution is 0.611. The van der Waals surface area contributed by atoms with E-state index in [4.69, 9.17) is 0 Å². The summed E-state index contributed by atoms with van der Waals surface area (Å²) >= 11 is 0. The lowest BCUT2D eigenvalue weighted by Crippen LogP contribution is -2.28. The number of halogens is 2. The second-order valence-electron chi connectivity index (χ2n) is 6.92. The Labute approximate surface area is 157 Å². The fraction of sp³-hybridized carbons (Fsp3) is 0.150. The van der Waals surface area contributed by atoms with Gasteiger partial charge in [-0.15, -0.1) is 0 Å². The van der Waals surface area contributed by atoms with Gasteiger partial charge in [-0.05, 0) is 36.8 Å². The van der Waals surface area contributed by atoms with Crippen molar-refractivity contribution < 1.29 is 8.78 Å². The van der Waals surface area contributed by atoms with Gasteiger partial charge in [-0.25, -0.2) is 13.9 Å². The van der Waals surface area contributed by atoms with E-state index in [2.05, 4.69) is 25.7 Å². The van der Waals surface area contributed by atoms with Crippen molar-refractivity contribution in [2.24, 2.45) is 0 Å². The molecule has 0 unspecified atom stereocenters. The molecule has 2 atom stereocenters. The summed E-state index contributed by atoms with van der Waals surface area (Å²) in [6.45, 7) is 1.90.